The molecule has 6 heteroatoms. The van der Waals surface area contributed by atoms with Crippen molar-refractivity contribution in [2.45, 2.75) is 19.2 Å². The van der Waals surface area contributed by atoms with Gasteiger partial charge in [0.2, 0.25) is 0 Å². The number of aromatic carboxylic acids is 1. The van der Waals surface area contributed by atoms with Crippen molar-refractivity contribution in [3.8, 4) is 5.75 Å². The number of halogens is 3. The molecule has 88 valence electrons. The van der Waals surface area contributed by atoms with Crippen LogP contribution in [0, 0.1) is 0 Å². The standard InChI is InChI=1S/C10H9F3O3/c1-10(13,9(11)12)16-7-4-2-6(3-5-7)8(14)15/h2-5,9H,1H3,(H,14,15). The highest BCUT2D eigenvalue weighted by atomic mass is 19.3. The molecule has 0 fully saturated rings. The molecular weight excluding hydrogens is 225 g/mol. The first kappa shape index (κ1) is 12.4. The second kappa shape index (κ2) is 4.42. The van der Waals surface area contributed by atoms with E-state index in [-0.39, 0.29) is 11.3 Å². The summed E-state index contributed by atoms with van der Waals surface area (Å²) in [7, 11) is 0. The molecule has 0 aromatic heterocycles. The topological polar surface area (TPSA) is 46.5 Å². The maximum absolute atomic E-state index is 13.1. The Kier molecular flexibility index (Phi) is 3.41. The maximum Gasteiger partial charge on any atom is 0.335 e. The molecule has 0 heterocycles. The zero-order valence-electron chi connectivity index (χ0n) is 8.28. The maximum atomic E-state index is 13.1. The molecule has 1 aromatic rings. The van der Waals surface area contributed by atoms with Crippen molar-refractivity contribution in [1.82, 2.24) is 0 Å². The molecule has 1 N–H and O–H groups in total. The van der Waals surface area contributed by atoms with Crippen molar-refractivity contribution in [1.29, 1.82) is 0 Å². The number of carbonyl (C=O) groups is 1. The Morgan fingerprint density at radius 1 is 1.38 bits per heavy atom. The van der Waals surface area contributed by atoms with E-state index in [0.717, 1.165) is 24.3 Å². The van der Waals surface area contributed by atoms with Crippen LogP contribution in [0.3, 0.4) is 0 Å². The van der Waals surface area contributed by atoms with Crippen LogP contribution < -0.4 is 4.74 Å². The van der Waals surface area contributed by atoms with Crippen molar-refractivity contribution in [3.05, 3.63) is 29.8 Å². The average molecular weight is 234 g/mol. The van der Waals surface area contributed by atoms with Gasteiger partial charge in [-0.2, -0.15) is 4.39 Å². The molecule has 0 saturated heterocycles. The SMILES string of the molecule is CC(F)(Oc1ccc(C(=O)O)cc1)C(F)F. The van der Waals surface area contributed by atoms with Crippen LogP contribution in [0.5, 0.6) is 5.75 Å². The van der Waals surface area contributed by atoms with Crippen molar-refractivity contribution in [2.75, 3.05) is 0 Å². The molecule has 0 saturated carbocycles. The van der Waals surface area contributed by atoms with E-state index in [1.807, 2.05) is 0 Å². The first-order chi connectivity index (χ1) is 7.33. The van der Waals surface area contributed by atoms with Crippen molar-refractivity contribution >= 4 is 5.97 Å². The Hall–Kier alpha value is -1.72. The van der Waals surface area contributed by atoms with Gasteiger partial charge in [0.25, 0.3) is 0 Å². The lowest BCUT2D eigenvalue weighted by Crippen LogP contribution is -2.35. The predicted molar refractivity (Wildman–Crippen MR) is 49.5 cm³/mol. The van der Waals surface area contributed by atoms with Crippen LogP contribution in [0.4, 0.5) is 13.2 Å². The van der Waals surface area contributed by atoms with Crippen molar-refractivity contribution in [2.24, 2.45) is 0 Å². The van der Waals surface area contributed by atoms with E-state index in [1.165, 1.54) is 0 Å². The van der Waals surface area contributed by atoms with E-state index in [2.05, 4.69) is 4.74 Å². The van der Waals surface area contributed by atoms with Crippen LogP contribution >= 0.6 is 0 Å². The summed E-state index contributed by atoms with van der Waals surface area (Å²) in [5.41, 5.74) is -0.0371. The number of ether oxygens (including phenoxy) is 1. The molecule has 1 unspecified atom stereocenters. The van der Waals surface area contributed by atoms with Crippen LogP contribution in [-0.2, 0) is 0 Å². The number of rotatable bonds is 4. The number of benzene rings is 1. The van der Waals surface area contributed by atoms with Crippen LogP contribution in [-0.4, -0.2) is 23.4 Å². The van der Waals surface area contributed by atoms with Crippen molar-refractivity contribution < 1.29 is 27.8 Å². The van der Waals surface area contributed by atoms with Gasteiger partial charge in [-0.25, -0.2) is 13.6 Å². The highest BCUT2D eigenvalue weighted by molar-refractivity contribution is 5.87. The van der Waals surface area contributed by atoms with Gasteiger partial charge < -0.3 is 9.84 Å². The fourth-order valence-corrected chi connectivity index (χ4v) is 0.941. The quantitative estimate of drug-likeness (QED) is 0.871. The summed E-state index contributed by atoms with van der Waals surface area (Å²) in [6.07, 6.45) is -3.29. The fourth-order valence-electron chi connectivity index (χ4n) is 0.941. The van der Waals surface area contributed by atoms with Gasteiger partial charge in [0.15, 0.2) is 0 Å². The normalized spacial score (nSPS) is 14.6. The molecule has 0 aliphatic heterocycles. The molecule has 0 aliphatic carbocycles. The van der Waals surface area contributed by atoms with Crippen molar-refractivity contribution in [3.63, 3.8) is 0 Å². The summed E-state index contributed by atoms with van der Waals surface area (Å²) in [6, 6.07) is 4.51. The fraction of sp³-hybridized carbons (Fsp3) is 0.300. The summed E-state index contributed by atoms with van der Waals surface area (Å²) < 4.78 is 41.7. The monoisotopic (exact) mass is 234 g/mol. The van der Waals surface area contributed by atoms with E-state index in [0.29, 0.717) is 6.92 Å². The molecule has 0 bridgehead atoms. The van der Waals surface area contributed by atoms with Crippen LogP contribution in [0.2, 0.25) is 0 Å². The number of carboxylic acid groups (broad SMARTS) is 1. The molecule has 1 aromatic carbocycles. The van der Waals surface area contributed by atoms with Gasteiger partial charge in [0, 0.05) is 6.92 Å². The second-order valence-electron chi connectivity index (χ2n) is 3.22. The Bertz CT molecular complexity index is 373. The minimum atomic E-state index is -3.29. The van der Waals surface area contributed by atoms with Crippen LogP contribution in [0.15, 0.2) is 24.3 Å². The van der Waals surface area contributed by atoms with Gasteiger partial charge in [-0.3, -0.25) is 0 Å². The van der Waals surface area contributed by atoms with Crippen LogP contribution in [0.1, 0.15) is 17.3 Å². The van der Waals surface area contributed by atoms with Gasteiger partial charge in [-0.1, -0.05) is 0 Å². The first-order valence-corrected chi connectivity index (χ1v) is 4.32. The Morgan fingerprint density at radius 2 is 1.88 bits per heavy atom. The molecular formula is C10H9F3O3. The molecule has 3 nitrogen and oxygen atoms in total. The Balaban J connectivity index is 2.80. The zero-order chi connectivity index (χ0) is 12.3. The highest BCUT2D eigenvalue weighted by Gasteiger charge is 2.37. The summed E-state index contributed by atoms with van der Waals surface area (Å²) >= 11 is 0. The van der Waals surface area contributed by atoms with E-state index in [9.17, 15) is 18.0 Å². The molecule has 0 radical (unpaired) electrons. The molecule has 16 heavy (non-hydrogen) atoms. The third-order valence-electron chi connectivity index (χ3n) is 1.81. The van der Waals surface area contributed by atoms with Gasteiger partial charge in [-0.15, -0.1) is 0 Å². The average Bonchev–Trinajstić information content (AvgIpc) is 2.17. The first-order valence-electron chi connectivity index (χ1n) is 4.32. The van der Waals surface area contributed by atoms with E-state index >= 15 is 0 Å². The second-order valence-corrected chi connectivity index (χ2v) is 3.22. The number of alkyl halides is 3. The van der Waals surface area contributed by atoms with E-state index in [4.69, 9.17) is 5.11 Å². The minimum Gasteiger partial charge on any atom is -0.478 e. The predicted octanol–water partition coefficient (Wildman–Crippen LogP) is 2.71. The molecule has 0 spiro atoms. The smallest absolute Gasteiger partial charge is 0.335 e. The minimum absolute atomic E-state index is 0.0371. The summed E-state index contributed by atoms with van der Waals surface area (Å²) in [4.78, 5) is 10.5. The third kappa shape index (κ3) is 2.88. The Labute approximate surface area is 89.5 Å². The van der Waals surface area contributed by atoms with E-state index in [1.54, 1.807) is 0 Å². The Morgan fingerprint density at radius 3 is 2.25 bits per heavy atom. The molecule has 0 amide bonds. The molecule has 1 atom stereocenters. The van der Waals surface area contributed by atoms with Gasteiger partial charge >= 0.3 is 18.2 Å². The van der Waals surface area contributed by atoms with Gasteiger partial charge in [-0.05, 0) is 24.3 Å². The van der Waals surface area contributed by atoms with E-state index < -0.39 is 18.2 Å². The summed E-state index contributed by atoms with van der Waals surface area (Å²) in [6.45, 7) is 0.600. The highest BCUT2D eigenvalue weighted by Crippen LogP contribution is 2.25. The lowest BCUT2D eigenvalue weighted by Gasteiger charge is -2.20. The van der Waals surface area contributed by atoms with Gasteiger partial charge in [0.05, 0.1) is 5.56 Å². The third-order valence-corrected chi connectivity index (χ3v) is 1.81. The lowest BCUT2D eigenvalue weighted by molar-refractivity contribution is -0.152. The summed E-state index contributed by atoms with van der Waals surface area (Å²) in [5.74, 6) is -4.41. The number of carboxylic acids is 1. The largest absolute Gasteiger partial charge is 0.478 e. The van der Waals surface area contributed by atoms with Crippen LogP contribution in [0.25, 0.3) is 0 Å². The summed E-state index contributed by atoms with van der Waals surface area (Å²) in [5, 5.41) is 8.56. The van der Waals surface area contributed by atoms with Gasteiger partial charge in [0.1, 0.15) is 5.75 Å². The lowest BCUT2D eigenvalue weighted by atomic mass is 10.2. The molecule has 1 rings (SSSR count). The number of hydrogen-bond donors (Lipinski definition) is 1. The number of hydrogen-bond acceptors (Lipinski definition) is 2. The zero-order valence-corrected chi connectivity index (χ0v) is 8.28. The molecule has 0 aliphatic rings.